The molecule has 0 atom stereocenters. The van der Waals surface area contributed by atoms with Gasteiger partial charge in [-0.2, -0.15) is 0 Å². The van der Waals surface area contributed by atoms with E-state index in [1.54, 1.807) is 0 Å². The summed E-state index contributed by atoms with van der Waals surface area (Å²) in [5.74, 6) is 1.40. The van der Waals surface area contributed by atoms with Crippen LogP contribution in [0.15, 0.2) is 12.1 Å². The van der Waals surface area contributed by atoms with Gasteiger partial charge in [-0.15, -0.1) is 0 Å². The molecule has 3 heteroatoms. The van der Waals surface area contributed by atoms with Gasteiger partial charge in [-0.1, -0.05) is 13.8 Å². The molecule has 1 heterocycles. The van der Waals surface area contributed by atoms with Gasteiger partial charge in [0.1, 0.15) is 9.45 Å². The Labute approximate surface area is 98.2 Å². The highest BCUT2D eigenvalue weighted by atomic mass is 127. The third kappa shape index (κ3) is 2.38. The van der Waals surface area contributed by atoms with Gasteiger partial charge in [-0.05, 0) is 53.5 Å². The lowest BCUT2D eigenvalue weighted by Crippen LogP contribution is -2.03. The third-order valence-electron chi connectivity index (χ3n) is 2.22. The van der Waals surface area contributed by atoms with Gasteiger partial charge in [0.15, 0.2) is 0 Å². The first kappa shape index (κ1) is 10.2. The Hall–Kier alpha value is -0.320. The van der Waals surface area contributed by atoms with Crippen LogP contribution in [-0.2, 0) is 0 Å². The Kier molecular flexibility index (Phi) is 2.95. The van der Waals surface area contributed by atoms with Gasteiger partial charge in [-0.25, -0.2) is 4.98 Å². The van der Waals surface area contributed by atoms with E-state index in [1.807, 2.05) is 12.1 Å². The maximum Gasteiger partial charge on any atom is 0.141 e. The number of aromatic nitrogens is 1. The van der Waals surface area contributed by atoms with Crippen LogP contribution in [0.5, 0.6) is 5.75 Å². The van der Waals surface area contributed by atoms with Gasteiger partial charge >= 0.3 is 0 Å². The summed E-state index contributed by atoms with van der Waals surface area (Å²) >= 11 is 2.24. The summed E-state index contributed by atoms with van der Waals surface area (Å²) in [4.78, 5) is 4.52. The average molecular weight is 303 g/mol. The third-order valence-corrected chi connectivity index (χ3v) is 2.82. The van der Waals surface area contributed by atoms with Gasteiger partial charge in [0.25, 0.3) is 0 Å². The molecule has 1 aromatic heterocycles. The van der Waals surface area contributed by atoms with E-state index in [9.17, 15) is 0 Å². The molecule has 76 valence electrons. The summed E-state index contributed by atoms with van der Waals surface area (Å²) in [5.41, 5.74) is 1.09. The SMILES string of the molecule is CC(C)c1nc(I)ccc1OC1CC1. The van der Waals surface area contributed by atoms with Crippen LogP contribution in [0.2, 0.25) is 0 Å². The molecule has 0 spiro atoms. The van der Waals surface area contributed by atoms with Gasteiger partial charge in [0.05, 0.1) is 11.8 Å². The molecule has 1 aliphatic carbocycles. The normalized spacial score (nSPS) is 16.0. The predicted octanol–water partition coefficient (Wildman–Crippen LogP) is 3.35. The molecule has 2 nitrogen and oxygen atoms in total. The Bertz CT molecular complexity index is 334. The molecule has 0 unspecified atom stereocenters. The zero-order chi connectivity index (χ0) is 10.1. The molecule has 0 N–H and O–H groups in total. The number of hydrogen-bond donors (Lipinski definition) is 0. The van der Waals surface area contributed by atoms with Crippen LogP contribution in [0, 0.1) is 3.70 Å². The topological polar surface area (TPSA) is 22.1 Å². The number of nitrogens with zero attached hydrogens (tertiary/aromatic N) is 1. The summed E-state index contributed by atoms with van der Waals surface area (Å²) in [7, 11) is 0. The molecule has 0 bridgehead atoms. The average Bonchev–Trinajstić information content (AvgIpc) is 2.91. The fourth-order valence-electron chi connectivity index (χ4n) is 1.32. The van der Waals surface area contributed by atoms with Gasteiger partial charge < -0.3 is 4.74 Å². The van der Waals surface area contributed by atoms with E-state index < -0.39 is 0 Å². The summed E-state index contributed by atoms with van der Waals surface area (Å²) < 4.78 is 6.84. The van der Waals surface area contributed by atoms with Crippen molar-refractivity contribution >= 4 is 22.6 Å². The minimum absolute atomic E-state index is 0.429. The largest absolute Gasteiger partial charge is 0.489 e. The van der Waals surface area contributed by atoms with Crippen molar-refractivity contribution in [3.8, 4) is 5.75 Å². The van der Waals surface area contributed by atoms with Crippen molar-refractivity contribution < 1.29 is 4.74 Å². The molecule has 2 rings (SSSR count). The highest BCUT2D eigenvalue weighted by molar-refractivity contribution is 14.1. The second-order valence-electron chi connectivity index (χ2n) is 3.99. The maximum absolute atomic E-state index is 5.81. The minimum Gasteiger partial charge on any atom is -0.489 e. The molecule has 0 saturated heterocycles. The number of ether oxygens (including phenoxy) is 1. The summed E-state index contributed by atoms with van der Waals surface area (Å²) in [6.07, 6.45) is 2.85. The molecular weight excluding hydrogens is 289 g/mol. The van der Waals surface area contributed by atoms with Gasteiger partial charge in [-0.3, -0.25) is 0 Å². The van der Waals surface area contributed by atoms with Crippen LogP contribution in [0.1, 0.15) is 38.3 Å². The predicted molar refractivity (Wildman–Crippen MR) is 64.7 cm³/mol. The second-order valence-corrected chi connectivity index (χ2v) is 5.09. The Morgan fingerprint density at radius 1 is 1.43 bits per heavy atom. The van der Waals surface area contributed by atoms with Crippen molar-refractivity contribution in [1.29, 1.82) is 0 Å². The molecule has 1 aromatic rings. The van der Waals surface area contributed by atoms with Crippen LogP contribution in [0.3, 0.4) is 0 Å². The lowest BCUT2D eigenvalue weighted by molar-refractivity contribution is 0.297. The maximum atomic E-state index is 5.81. The van der Waals surface area contributed by atoms with Crippen LogP contribution in [0.4, 0.5) is 0 Å². The molecule has 0 aromatic carbocycles. The molecule has 0 aliphatic heterocycles. The van der Waals surface area contributed by atoms with Crippen molar-refractivity contribution in [3.63, 3.8) is 0 Å². The molecule has 1 aliphatic rings. The van der Waals surface area contributed by atoms with Crippen LogP contribution >= 0.6 is 22.6 Å². The first-order chi connectivity index (χ1) is 6.66. The molecule has 1 saturated carbocycles. The zero-order valence-electron chi connectivity index (χ0n) is 8.46. The molecule has 0 radical (unpaired) electrons. The van der Waals surface area contributed by atoms with E-state index in [0.717, 1.165) is 15.1 Å². The number of rotatable bonds is 3. The highest BCUT2D eigenvalue weighted by Crippen LogP contribution is 2.31. The van der Waals surface area contributed by atoms with E-state index in [2.05, 4.69) is 41.4 Å². The smallest absolute Gasteiger partial charge is 0.141 e. The molecule has 0 amide bonds. The highest BCUT2D eigenvalue weighted by Gasteiger charge is 2.25. The van der Waals surface area contributed by atoms with Crippen LogP contribution in [-0.4, -0.2) is 11.1 Å². The van der Waals surface area contributed by atoms with Crippen molar-refractivity contribution in [1.82, 2.24) is 4.98 Å². The fraction of sp³-hybridized carbons (Fsp3) is 0.545. The lowest BCUT2D eigenvalue weighted by Gasteiger charge is -2.12. The minimum atomic E-state index is 0.429. The van der Waals surface area contributed by atoms with E-state index in [4.69, 9.17) is 4.74 Å². The van der Waals surface area contributed by atoms with E-state index in [1.165, 1.54) is 12.8 Å². The first-order valence-corrected chi connectivity index (χ1v) is 6.08. The Morgan fingerprint density at radius 3 is 2.71 bits per heavy atom. The summed E-state index contributed by atoms with van der Waals surface area (Å²) in [5, 5.41) is 0. The van der Waals surface area contributed by atoms with E-state index >= 15 is 0 Å². The molecule has 14 heavy (non-hydrogen) atoms. The molecule has 1 fully saturated rings. The second kappa shape index (κ2) is 4.04. The number of pyridine rings is 1. The Morgan fingerprint density at radius 2 is 2.14 bits per heavy atom. The lowest BCUT2D eigenvalue weighted by atomic mass is 10.1. The van der Waals surface area contributed by atoms with Crippen molar-refractivity contribution in [3.05, 3.63) is 21.5 Å². The zero-order valence-corrected chi connectivity index (χ0v) is 10.6. The monoisotopic (exact) mass is 303 g/mol. The summed E-state index contributed by atoms with van der Waals surface area (Å²) in [6.45, 7) is 4.30. The summed E-state index contributed by atoms with van der Waals surface area (Å²) in [6, 6.07) is 4.05. The first-order valence-electron chi connectivity index (χ1n) is 5.00. The number of halogens is 1. The van der Waals surface area contributed by atoms with Crippen molar-refractivity contribution in [2.24, 2.45) is 0 Å². The number of hydrogen-bond acceptors (Lipinski definition) is 2. The van der Waals surface area contributed by atoms with Gasteiger partial charge in [0.2, 0.25) is 0 Å². The van der Waals surface area contributed by atoms with Crippen LogP contribution in [0.25, 0.3) is 0 Å². The van der Waals surface area contributed by atoms with Crippen molar-refractivity contribution in [2.75, 3.05) is 0 Å². The standard InChI is InChI=1S/C11H14INO/c1-7(2)11-9(14-8-3-4-8)5-6-10(12)13-11/h5-8H,3-4H2,1-2H3. The van der Waals surface area contributed by atoms with Crippen LogP contribution < -0.4 is 4.74 Å². The molecular formula is C11H14INO. The van der Waals surface area contributed by atoms with Gasteiger partial charge in [0, 0.05) is 0 Å². The van der Waals surface area contributed by atoms with E-state index in [-0.39, 0.29) is 0 Å². The van der Waals surface area contributed by atoms with E-state index in [0.29, 0.717) is 12.0 Å². The quantitative estimate of drug-likeness (QED) is 0.631. The Balaban J connectivity index is 2.26. The van der Waals surface area contributed by atoms with Crippen molar-refractivity contribution in [2.45, 2.75) is 38.7 Å². The fourth-order valence-corrected chi connectivity index (χ4v) is 1.76.